The molecule has 4 unspecified atom stereocenters. The molecule has 120 valence electrons. The van der Waals surface area contributed by atoms with E-state index in [1.165, 1.54) is 50.7 Å². The van der Waals surface area contributed by atoms with Crippen molar-refractivity contribution in [3.8, 4) is 0 Å². The number of carbonyl (C=O) groups is 1. The fraction of sp³-hybridized carbons (Fsp3) is 0.941. The average Bonchev–Trinajstić information content (AvgIpc) is 2.80. The zero-order valence-electron chi connectivity index (χ0n) is 13.4. The molecule has 4 atom stereocenters. The number of fused-ring (bicyclic) bond motifs is 1. The molecule has 2 saturated heterocycles. The predicted octanol–water partition coefficient (Wildman–Crippen LogP) is 3.04. The van der Waals surface area contributed by atoms with E-state index in [4.69, 9.17) is 0 Å². The maximum Gasteiger partial charge on any atom is 0.239 e. The van der Waals surface area contributed by atoms with Crippen LogP contribution in [0.4, 0.5) is 0 Å². The summed E-state index contributed by atoms with van der Waals surface area (Å²) in [5.41, 5.74) is 0. The van der Waals surface area contributed by atoms with Crippen LogP contribution < -0.4 is 5.32 Å². The van der Waals surface area contributed by atoms with Gasteiger partial charge in [-0.2, -0.15) is 11.8 Å². The molecule has 0 aromatic rings. The van der Waals surface area contributed by atoms with Gasteiger partial charge in [0.1, 0.15) is 0 Å². The third-order valence-corrected chi connectivity index (χ3v) is 6.69. The molecule has 0 spiro atoms. The van der Waals surface area contributed by atoms with Gasteiger partial charge in [0.15, 0.2) is 0 Å². The van der Waals surface area contributed by atoms with E-state index in [9.17, 15) is 4.79 Å². The Kier molecular flexibility index (Phi) is 5.49. The first kappa shape index (κ1) is 15.7. The van der Waals surface area contributed by atoms with Crippen molar-refractivity contribution >= 4 is 17.7 Å². The third kappa shape index (κ3) is 3.76. The number of likely N-dealkylation sites (tertiary alicyclic amines) is 1. The lowest BCUT2D eigenvalue weighted by Crippen LogP contribution is -2.47. The van der Waals surface area contributed by atoms with Gasteiger partial charge >= 0.3 is 0 Å². The highest BCUT2D eigenvalue weighted by Crippen LogP contribution is 2.34. The van der Waals surface area contributed by atoms with E-state index in [0.29, 0.717) is 17.2 Å². The fourth-order valence-corrected chi connectivity index (χ4v) is 5.50. The quantitative estimate of drug-likeness (QED) is 0.869. The molecule has 4 heteroatoms. The molecule has 2 heterocycles. The Morgan fingerprint density at radius 1 is 1.19 bits per heavy atom. The minimum absolute atomic E-state index is 0.114. The van der Waals surface area contributed by atoms with E-state index in [-0.39, 0.29) is 6.04 Å². The standard InChI is InChI=1S/C17H30N2OS/c1-2-21-14-8-5-6-10-19(12-14)17(20)16-11-13-7-3-4-9-15(13)18-16/h13-16,18H,2-12H2,1H3. The highest BCUT2D eigenvalue weighted by Gasteiger charge is 2.40. The molecule has 1 amide bonds. The number of nitrogens with one attached hydrogen (secondary N) is 1. The molecule has 3 rings (SSSR count). The highest BCUT2D eigenvalue weighted by atomic mass is 32.2. The topological polar surface area (TPSA) is 32.3 Å². The third-order valence-electron chi connectivity index (χ3n) is 5.50. The van der Waals surface area contributed by atoms with Crippen LogP contribution in [0.1, 0.15) is 58.3 Å². The number of hydrogen-bond acceptors (Lipinski definition) is 3. The van der Waals surface area contributed by atoms with E-state index in [1.807, 2.05) is 11.8 Å². The molecule has 3 fully saturated rings. The smallest absolute Gasteiger partial charge is 0.239 e. The maximum absolute atomic E-state index is 12.9. The molecule has 0 bridgehead atoms. The summed E-state index contributed by atoms with van der Waals surface area (Å²) in [6.45, 7) is 4.18. The molecule has 3 nitrogen and oxygen atoms in total. The fourth-order valence-electron chi connectivity index (χ4n) is 4.41. The zero-order valence-corrected chi connectivity index (χ0v) is 14.2. The SMILES string of the molecule is CCSC1CCCCN(C(=O)C2CC3CCCCC3N2)C1. The molecule has 2 aliphatic heterocycles. The van der Waals surface area contributed by atoms with E-state index < -0.39 is 0 Å². The molecule has 1 N–H and O–H groups in total. The van der Waals surface area contributed by atoms with Crippen molar-refractivity contribution in [1.29, 1.82) is 0 Å². The molecule has 1 aliphatic carbocycles. The molecular formula is C17H30N2OS. The lowest BCUT2D eigenvalue weighted by molar-refractivity contribution is -0.133. The van der Waals surface area contributed by atoms with Gasteiger partial charge < -0.3 is 10.2 Å². The number of rotatable bonds is 3. The Hall–Kier alpha value is -0.220. The summed E-state index contributed by atoms with van der Waals surface area (Å²) in [7, 11) is 0. The van der Waals surface area contributed by atoms with Gasteiger partial charge in [-0.25, -0.2) is 0 Å². The summed E-state index contributed by atoms with van der Waals surface area (Å²) in [4.78, 5) is 15.1. The Morgan fingerprint density at radius 2 is 2.00 bits per heavy atom. The summed E-state index contributed by atoms with van der Waals surface area (Å²) < 4.78 is 0. The Bertz CT molecular complexity index is 349. The van der Waals surface area contributed by atoms with E-state index in [2.05, 4.69) is 17.1 Å². The second kappa shape index (κ2) is 7.36. The number of amides is 1. The second-order valence-corrected chi connectivity index (χ2v) is 8.54. The van der Waals surface area contributed by atoms with Crippen LogP contribution >= 0.6 is 11.8 Å². The van der Waals surface area contributed by atoms with Gasteiger partial charge in [-0.05, 0) is 43.8 Å². The van der Waals surface area contributed by atoms with Gasteiger partial charge in [0.2, 0.25) is 5.91 Å². The van der Waals surface area contributed by atoms with Gasteiger partial charge in [-0.15, -0.1) is 0 Å². The van der Waals surface area contributed by atoms with Gasteiger partial charge in [-0.1, -0.05) is 26.2 Å². The van der Waals surface area contributed by atoms with Crippen LogP contribution in [-0.2, 0) is 4.79 Å². The summed E-state index contributed by atoms with van der Waals surface area (Å²) in [5.74, 6) is 2.33. The van der Waals surface area contributed by atoms with Crippen molar-refractivity contribution < 1.29 is 4.79 Å². The molecule has 0 aromatic heterocycles. The zero-order chi connectivity index (χ0) is 14.7. The summed E-state index contributed by atoms with van der Waals surface area (Å²) in [6, 6.07) is 0.740. The Balaban J connectivity index is 1.58. The molecule has 21 heavy (non-hydrogen) atoms. The van der Waals surface area contributed by atoms with Crippen LogP contribution in [-0.4, -0.2) is 47.0 Å². The number of hydrogen-bond donors (Lipinski definition) is 1. The van der Waals surface area contributed by atoms with Crippen LogP contribution in [0.3, 0.4) is 0 Å². The van der Waals surface area contributed by atoms with Crippen molar-refractivity contribution in [3.63, 3.8) is 0 Å². The molecule has 1 saturated carbocycles. The number of thioether (sulfide) groups is 1. The van der Waals surface area contributed by atoms with Gasteiger partial charge in [0.25, 0.3) is 0 Å². The number of nitrogens with zero attached hydrogens (tertiary/aromatic N) is 1. The molecule has 3 aliphatic rings. The van der Waals surface area contributed by atoms with Crippen LogP contribution in [0.5, 0.6) is 0 Å². The van der Waals surface area contributed by atoms with Gasteiger partial charge in [0.05, 0.1) is 6.04 Å². The average molecular weight is 311 g/mol. The van der Waals surface area contributed by atoms with Gasteiger partial charge in [-0.3, -0.25) is 4.79 Å². The Morgan fingerprint density at radius 3 is 2.81 bits per heavy atom. The first-order valence-electron chi connectivity index (χ1n) is 8.94. The van der Waals surface area contributed by atoms with Crippen molar-refractivity contribution in [2.45, 2.75) is 75.6 Å². The van der Waals surface area contributed by atoms with E-state index in [0.717, 1.165) is 25.4 Å². The van der Waals surface area contributed by atoms with Crippen LogP contribution in [0, 0.1) is 5.92 Å². The van der Waals surface area contributed by atoms with E-state index >= 15 is 0 Å². The monoisotopic (exact) mass is 310 g/mol. The first-order chi connectivity index (χ1) is 10.3. The number of carbonyl (C=O) groups excluding carboxylic acids is 1. The van der Waals surface area contributed by atoms with Crippen LogP contribution in [0.2, 0.25) is 0 Å². The summed E-state index contributed by atoms with van der Waals surface area (Å²) in [5, 5.41) is 4.32. The minimum Gasteiger partial charge on any atom is -0.340 e. The van der Waals surface area contributed by atoms with Crippen LogP contribution in [0.25, 0.3) is 0 Å². The van der Waals surface area contributed by atoms with Gasteiger partial charge in [0, 0.05) is 24.4 Å². The minimum atomic E-state index is 0.114. The largest absolute Gasteiger partial charge is 0.340 e. The van der Waals surface area contributed by atoms with Crippen molar-refractivity contribution in [1.82, 2.24) is 10.2 Å². The van der Waals surface area contributed by atoms with Crippen molar-refractivity contribution in [3.05, 3.63) is 0 Å². The molecular weight excluding hydrogens is 280 g/mol. The van der Waals surface area contributed by atoms with E-state index in [1.54, 1.807) is 0 Å². The molecule has 0 aromatic carbocycles. The highest BCUT2D eigenvalue weighted by molar-refractivity contribution is 7.99. The lowest BCUT2D eigenvalue weighted by atomic mass is 9.85. The maximum atomic E-state index is 12.9. The first-order valence-corrected chi connectivity index (χ1v) is 9.99. The lowest BCUT2D eigenvalue weighted by Gasteiger charge is -2.27. The normalized spacial score (nSPS) is 37.1. The summed E-state index contributed by atoms with van der Waals surface area (Å²) >= 11 is 2.04. The second-order valence-electron chi connectivity index (χ2n) is 6.96. The van der Waals surface area contributed by atoms with Crippen LogP contribution in [0.15, 0.2) is 0 Å². The summed E-state index contributed by atoms with van der Waals surface area (Å²) in [6.07, 6.45) is 10.2. The molecule has 0 radical (unpaired) electrons. The predicted molar refractivity (Wildman–Crippen MR) is 89.6 cm³/mol. The Labute approximate surface area is 133 Å². The van der Waals surface area contributed by atoms with Crippen molar-refractivity contribution in [2.24, 2.45) is 5.92 Å². The van der Waals surface area contributed by atoms with Crippen molar-refractivity contribution in [2.75, 3.05) is 18.8 Å².